The van der Waals surface area contributed by atoms with Crippen molar-refractivity contribution in [3.63, 3.8) is 0 Å². The van der Waals surface area contributed by atoms with E-state index in [2.05, 4.69) is 32.2 Å². The number of anilines is 1. The predicted molar refractivity (Wildman–Crippen MR) is 59.1 cm³/mol. The van der Waals surface area contributed by atoms with E-state index < -0.39 is 0 Å². The Balaban J connectivity index is 2.54. The number of nitrogens with one attached hydrogen (secondary N) is 1. The van der Waals surface area contributed by atoms with E-state index in [9.17, 15) is 0 Å². The van der Waals surface area contributed by atoms with Crippen LogP contribution in [0.3, 0.4) is 0 Å². The quantitative estimate of drug-likeness (QED) is 0.736. The fraction of sp³-hybridized carbons (Fsp3) is 0.500. The summed E-state index contributed by atoms with van der Waals surface area (Å²) < 4.78 is 5.38. The Hall–Kier alpha value is -1.18. The molecular formula is C12H17NO. The highest BCUT2D eigenvalue weighted by Gasteiger charge is 2.37. The summed E-state index contributed by atoms with van der Waals surface area (Å²) in [5, 5.41) is 3.52. The smallest absolute Gasteiger partial charge is 0.124 e. The molecule has 0 saturated heterocycles. The predicted octanol–water partition coefficient (Wildman–Crippen LogP) is 3.00. The molecule has 0 aromatic heterocycles. The summed E-state index contributed by atoms with van der Waals surface area (Å²) in [5.41, 5.74) is 2.64. The fourth-order valence-corrected chi connectivity index (χ4v) is 2.09. The molecule has 0 saturated carbocycles. The molecule has 0 radical (unpaired) electrons. The van der Waals surface area contributed by atoms with E-state index in [4.69, 9.17) is 4.74 Å². The van der Waals surface area contributed by atoms with Crippen molar-refractivity contribution in [2.75, 3.05) is 12.4 Å². The first-order chi connectivity index (χ1) is 6.56. The van der Waals surface area contributed by atoms with Crippen LogP contribution in [-0.4, -0.2) is 12.6 Å². The molecule has 1 heterocycles. The SMILES string of the molecule is COc1cccc2c1C(C)C(C)(C)N2. The molecule has 0 amide bonds. The molecule has 1 aromatic carbocycles. The van der Waals surface area contributed by atoms with Crippen LogP contribution in [0.2, 0.25) is 0 Å². The van der Waals surface area contributed by atoms with Crippen molar-refractivity contribution in [1.29, 1.82) is 0 Å². The summed E-state index contributed by atoms with van der Waals surface area (Å²) in [7, 11) is 1.73. The lowest BCUT2D eigenvalue weighted by atomic mass is 9.87. The number of hydrogen-bond acceptors (Lipinski definition) is 2. The third-order valence-electron chi connectivity index (χ3n) is 3.26. The van der Waals surface area contributed by atoms with Gasteiger partial charge in [0.15, 0.2) is 0 Å². The normalized spacial score (nSPS) is 22.7. The van der Waals surface area contributed by atoms with Gasteiger partial charge >= 0.3 is 0 Å². The summed E-state index contributed by atoms with van der Waals surface area (Å²) in [6.07, 6.45) is 0. The molecule has 0 fully saturated rings. The molecule has 2 rings (SSSR count). The van der Waals surface area contributed by atoms with Gasteiger partial charge in [0.2, 0.25) is 0 Å². The van der Waals surface area contributed by atoms with Crippen LogP contribution in [0.25, 0.3) is 0 Å². The first-order valence-electron chi connectivity index (χ1n) is 5.01. The first kappa shape index (κ1) is 9.38. The van der Waals surface area contributed by atoms with Crippen molar-refractivity contribution < 1.29 is 4.74 Å². The average molecular weight is 191 g/mol. The van der Waals surface area contributed by atoms with Crippen LogP contribution < -0.4 is 10.1 Å². The van der Waals surface area contributed by atoms with Crippen LogP contribution in [-0.2, 0) is 0 Å². The third-order valence-corrected chi connectivity index (χ3v) is 3.26. The molecule has 1 atom stereocenters. The number of rotatable bonds is 1. The van der Waals surface area contributed by atoms with Crippen molar-refractivity contribution in [1.82, 2.24) is 0 Å². The maximum Gasteiger partial charge on any atom is 0.124 e. The minimum atomic E-state index is 0.122. The van der Waals surface area contributed by atoms with Gasteiger partial charge in [-0.05, 0) is 26.0 Å². The van der Waals surface area contributed by atoms with Crippen LogP contribution in [0, 0.1) is 0 Å². The summed E-state index contributed by atoms with van der Waals surface area (Å²) >= 11 is 0. The van der Waals surface area contributed by atoms with Crippen molar-refractivity contribution in [2.45, 2.75) is 32.2 Å². The molecule has 0 bridgehead atoms. The van der Waals surface area contributed by atoms with Crippen molar-refractivity contribution in [3.05, 3.63) is 23.8 Å². The van der Waals surface area contributed by atoms with E-state index in [0.717, 1.165) is 5.75 Å². The van der Waals surface area contributed by atoms with Gasteiger partial charge in [-0.1, -0.05) is 13.0 Å². The van der Waals surface area contributed by atoms with E-state index in [1.165, 1.54) is 11.3 Å². The number of methoxy groups -OCH3 is 1. The van der Waals surface area contributed by atoms with Gasteiger partial charge in [0.1, 0.15) is 5.75 Å². The Labute approximate surface area is 85.3 Å². The van der Waals surface area contributed by atoms with E-state index >= 15 is 0 Å². The zero-order valence-corrected chi connectivity index (χ0v) is 9.22. The Morgan fingerprint density at radius 3 is 2.71 bits per heavy atom. The lowest BCUT2D eigenvalue weighted by molar-refractivity contribution is 0.401. The van der Waals surface area contributed by atoms with E-state index in [0.29, 0.717) is 5.92 Å². The lowest BCUT2D eigenvalue weighted by Crippen LogP contribution is -2.30. The van der Waals surface area contributed by atoms with Crippen LogP contribution in [0.1, 0.15) is 32.3 Å². The maximum atomic E-state index is 5.38. The second-order valence-electron chi connectivity index (χ2n) is 4.49. The average Bonchev–Trinajstić information content (AvgIpc) is 2.37. The fourth-order valence-electron chi connectivity index (χ4n) is 2.09. The van der Waals surface area contributed by atoms with Crippen molar-refractivity contribution in [2.24, 2.45) is 0 Å². The van der Waals surface area contributed by atoms with Gasteiger partial charge in [0.25, 0.3) is 0 Å². The number of benzene rings is 1. The molecule has 14 heavy (non-hydrogen) atoms. The van der Waals surface area contributed by atoms with Gasteiger partial charge in [0.05, 0.1) is 7.11 Å². The molecule has 1 aromatic rings. The second kappa shape index (κ2) is 2.91. The van der Waals surface area contributed by atoms with Crippen LogP contribution >= 0.6 is 0 Å². The Morgan fingerprint density at radius 2 is 2.07 bits per heavy atom. The zero-order valence-electron chi connectivity index (χ0n) is 9.22. The van der Waals surface area contributed by atoms with E-state index in [1.807, 2.05) is 12.1 Å². The standard InChI is InChI=1S/C12H17NO/c1-8-11-9(13-12(8,2)3)6-5-7-10(11)14-4/h5-8,13H,1-4H3. The molecule has 0 aliphatic carbocycles. The van der Waals surface area contributed by atoms with Crippen molar-refractivity contribution in [3.8, 4) is 5.75 Å². The van der Waals surface area contributed by atoms with Crippen LogP contribution in [0.4, 0.5) is 5.69 Å². The topological polar surface area (TPSA) is 21.3 Å². The van der Waals surface area contributed by atoms with Gasteiger partial charge < -0.3 is 10.1 Å². The molecule has 76 valence electrons. The summed E-state index contributed by atoms with van der Waals surface area (Å²) in [6, 6.07) is 6.17. The number of fused-ring (bicyclic) bond motifs is 1. The molecule has 2 heteroatoms. The summed E-state index contributed by atoms with van der Waals surface area (Å²) in [5.74, 6) is 1.47. The summed E-state index contributed by atoms with van der Waals surface area (Å²) in [4.78, 5) is 0. The highest BCUT2D eigenvalue weighted by atomic mass is 16.5. The minimum absolute atomic E-state index is 0.122. The Bertz CT molecular complexity index is 357. The molecule has 1 N–H and O–H groups in total. The van der Waals surface area contributed by atoms with Gasteiger partial charge in [-0.3, -0.25) is 0 Å². The van der Waals surface area contributed by atoms with Crippen LogP contribution in [0.15, 0.2) is 18.2 Å². The minimum Gasteiger partial charge on any atom is -0.496 e. The lowest BCUT2D eigenvalue weighted by Gasteiger charge is -2.24. The van der Waals surface area contributed by atoms with E-state index in [-0.39, 0.29) is 5.54 Å². The maximum absolute atomic E-state index is 5.38. The highest BCUT2D eigenvalue weighted by Crippen LogP contribution is 2.46. The van der Waals surface area contributed by atoms with Crippen molar-refractivity contribution >= 4 is 5.69 Å². The molecule has 2 nitrogen and oxygen atoms in total. The second-order valence-corrected chi connectivity index (χ2v) is 4.49. The highest BCUT2D eigenvalue weighted by molar-refractivity contribution is 5.66. The molecular weight excluding hydrogens is 174 g/mol. The van der Waals surface area contributed by atoms with Gasteiger partial charge in [-0.25, -0.2) is 0 Å². The molecule has 0 spiro atoms. The van der Waals surface area contributed by atoms with Gasteiger partial charge in [-0.2, -0.15) is 0 Å². The third kappa shape index (κ3) is 1.17. The zero-order chi connectivity index (χ0) is 10.3. The Kier molecular flexibility index (Phi) is 1.95. The first-order valence-corrected chi connectivity index (χ1v) is 5.01. The Morgan fingerprint density at radius 1 is 1.36 bits per heavy atom. The largest absolute Gasteiger partial charge is 0.496 e. The molecule has 1 aliphatic rings. The van der Waals surface area contributed by atoms with Gasteiger partial charge in [0, 0.05) is 22.7 Å². The molecule has 1 unspecified atom stereocenters. The van der Waals surface area contributed by atoms with E-state index in [1.54, 1.807) is 7.11 Å². The van der Waals surface area contributed by atoms with Gasteiger partial charge in [-0.15, -0.1) is 0 Å². The summed E-state index contributed by atoms with van der Waals surface area (Å²) in [6.45, 7) is 6.68. The molecule has 1 aliphatic heterocycles. The number of ether oxygens (including phenoxy) is 1. The van der Waals surface area contributed by atoms with Crippen LogP contribution in [0.5, 0.6) is 5.75 Å². The monoisotopic (exact) mass is 191 g/mol. The number of hydrogen-bond donors (Lipinski definition) is 1.